The van der Waals surface area contributed by atoms with Crippen LogP contribution in [0, 0.1) is 0 Å². The molecule has 0 N–H and O–H groups in total. The highest BCUT2D eigenvalue weighted by molar-refractivity contribution is 8.05. The maximum absolute atomic E-state index is 2.34. The molecule has 0 aliphatic carbocycles. The molecular formula is C7H12S2. The Morgan fingerprint density at radius 3 is 3.11 bits per heavy atom. The summed E-state index contributed by atoms with van der Waals surface area (Å²) in [6, 6.07) is 0. The molecule has 0 aromatic carbocycles. The van der Waals surface area contributed by atoms with E-state index < -0.39 is 0 Å². The first kappa shape index (κ1) is 7.55. The van der Waals surface area contributed by atoms with Gasteiger partial charge in [0, 0.05) is 11.5 Å². The number of rotatable bonds is 0. The van der Waals surface area contributed by atoms with E-state index in [9.17, 15) is 0 Å². The Hall–Kier alpha value is 0.440. The van der Waals surface area contributed by atoms with Gasteiger partial charge in [-0.2, -0.15) is 11.8 Å². The second kappa shape index (κ2) is 4.29. The fourth-order valence-electron chi connectivity index (χ4n) is 0.768. The molecular weight excluding hydrogens is 148 g/mol. The molecule has 1 aliphatic rings. The highest BCUT2D eigenvalue weighted by Crippen LogP contribution is 2.20. The van der Waals surface area contributed by atoms with Crippen LogP contribution in [0.25, 0.3) is 0 Å². The van der Waals surface area contributed by atoms with E-state index in [2.05, 4.69) is 24.8 Å². The van der Waals surface area contributed by atoms with Gasteiger partial charge in [-0.05, 0) is 24.0 Å². The van der Waals surface area contributed by atoms with Crippen molar-refractivity contribution in [3.8, 4) is 0 Å². The minimum Gasteiger partial charge on any atom is -0.161 e. The lowest BCUT2D eigenvalue weighted by Gasteiger charge is -2.05. The molecule has 0 atom stereocenters. The first-order chi connectivity index (χ1) is 4.39. The normalized spacial score (nSPS) is 27.9. The molecule has 9 heavy (non-hydrogen) atoms. The van der Waals surface area contributed by atoms with E-state index in [0.29, 0.717) is 0 Å². The van der Waals surface area contributed by atoms with Gasteiger partial charge in [-0.25, -0.2) is 0 Å². The van der Waals surface area contributed by atoms with Crippen LogP contribution >= 0.6 is 23.5 Å². The molecule has 0 unspecified atom stereocenters. The van der Waals surface area contributed by atoms with Crippen LogP contribution < -0.4 is 0 Å². The van der Waals surface area contributed by atoms with Crippen molar-refractivity contribution in [3.63, 3.8) is 0 Å². The van der Waals surface area contributed by atoms with Crippen molar-refractivity contribution in [2.24, 2.45) is 0 Å². The van der Waals surface area contributed by atoms with Crippen molar-refractivity contribution in [2.45, 2.75) is 13.3 Å². The van der Waals surface area contributed by atoms with Gasteiger partial charge in [-0.3, -0.25) is 0 Å². The van der Waals surface area contributed by atoms with E-state index in [1.807, 2.05) is 11.8 Å². The third kappa shape index (κ3) is 3.21. The lowest BCUT2D eigenvalue weighted by atomic mass is 10.4. The van der Waals surface area contributed by atoms with Crippen LogP contribution in [-0.2, 0) is 0 Å². The summed E-state index contributed by atoms with van der Waals surface area (Å²) in [5.41, 5.74) is 0. The Bertz CT molecular complexity index is 107. The van der Waals surface area contributed by atoms with Crippen LogP contribution in [0.15, 0.2) is 11.0 Å². The van der Waals surface area contributed by atoms with Gasteiger partial charge in [0.25, 0.3) is 0 Å². The minimum absolute atomic E-state index is 1.27. The van der Waals surface area contributed by atoms with E-state index in [1.54, 1.807) is 0 Å². The van der Waals surface area contributed by atoms with Crippen LogP contribution in [0.3, 0.4) is 0 Å². The molecule has 0 bridgehead atoms. The van der Waals surface area contributed by atoms with Gasteiger partial charge in [0.1, 0.15) is 0 Å². The second-order valence-electron chi connectivity index (χ2n) is 2.06. The van der Waals surface area contributed by atoms with E-state index in [0.717, 1.165) is 0 Å². The van der Waals surface area contributed by atoms with E-state index in [-0.39, 0.29) is 0 Å². The molecule has 2 heteroatoms. The van der Waals surface area contributed by atoms with Gasteiger partial charge >= 0.3 is 0 Å². The second-order valence-corrected chi connectivity index (χ2v) is 4.63. The summed E-state index contributed by atoms with van der Waals surface area (Å²) in [5, 5.41) is 0. The molecule has 0 aromatic rings. The summed E-state index contributed by atoms with van der Waals surface area (Å²) in [6.07, 6.45) is 3.61. The Morgan fingerprint density at radius 1 is 1.33 bits per heavy atom. The van der Waals surface area contributed by atoms with Crippen LogP contribution in [0.5, 0.6) is 0 Å². The number of allylic oxidation sites excluding steroid dienone is 2. The summed E-state index contributed by atoms with van der Waals surface area (Å²) < 4.78 is 0. The van der Waals surface area contributed by atoms with E-state index in [4.69, 9.17) is 0 Å². The van der Waals surface area contributed by atoms with Gasteiger partial charge in [-0.1, -0.05) is 6.08 Å². The summed E-state index contributed by atoms with van der Waals surface area (Å²) in [4.78, 5) is 1.51. The molecule has 0 nitrogen and oxygen atoms in total. The standard InChI is InChI=1S/C7H12S2/c1-7-3-2-4-8-5-6-9-7/h3H,2,4-6H2,1H3/b7-3-. The van der Waals surface area contributed by atoms with Crippen LogP contribution in [-0.4, -0.2) is 17.3 Å². The molecule has 0 aromatic heterocycles. The molecule has 1 heterocycles. The summed E-state index contributed by atoms with van der Waals surface area (Å²) >= 11 is 4.06. The zero-order chi connectivity index (χ0) is 6.53. The molecule has 0 amide bonds. The maximum atomic E-state index is 2.34. The number of hydrogen-bond acceptors (Lipinski definition) is 2. The van der Waals surface area contributed by atoms with E-state index >= 15 is 0 Å². The van der Waals surface area contributed by atoms with Gasteiger partial charge in [0.15, 0.2) is 0 Å². The van der Waals surface area contributed by atoms with Crippen molar-refractivity contribution < 1.29 is 0 Å². The predicted molar refractivity (Wildman–Crippen MR) is 48.2 cm³/mol. The van der Waals surface area contributed by atoms with Gasteiger partial charge in [0.05, 0.1) is 0 Å². The fraction of sp³-hybridized carbons (Fsp3) is 0.714. The zero-order valence-electron chi connectivity index (χ0n) is 5.72. The maximum Gasteiger partial charge on any atom is 0.00676 e. The van der Waals surface area contributed by atoms with Crippen molar-refractivity contribution >= 4 is 23.5 Å². The lowest BCUT2D eigenvalue weighted by Crippen LogP contribution is -1.89. The Balaban J connectivity index is 2.32. The third-order valence-corrected chi connectivity index (χ3v) is 3.56. The molecule has 0 spiro atoms. The van der Waals surface area contributed by atoms with Crippen LogP contribution in [0.4, 0.5) is 0 Å². The first-order valence-electron chi connectivity index (χ1n) is 3.27. The molecule has 52 valence electrons. The van der Waals surface area contributed by atoms with Crippen molar-refractivity contribution in [1.29, 1.82) is 0 Å². The Kier molecular flexibility index (Phi) is 3.59. The van der Waals surface area contributed by atoms with Gasteiger partial charge in [0.2, 0.25) is 0 Å². The molecule has 0 fully saturated rings. The third-order valence-electron chi connectivity index (χ3n) is 1.25. The summed E-state index contributed by atoms with van der Waals surface area (Å²) in [7, 11) is 0. The molecule has 0 saturated heterocycles. The highest BCUT2D eigenvalue weighted by Gasteiger charge is 1.96. The summed E-state index contributed by atoms with van der Waals surface area (Å²) in [5.74, 6) is 3.95. The number of hydrogen-bond donors (Lipinski definition) is 0. The quantitative estimate of drug-likeness (QED) is 0.534. The zero-order valence-corrected chi connectivity index (χ0v) is 7.36. The van der Waals surface area contributed by atoms with Crippen LogP contribution in [0.2, 0.25) is 0 Å². The monoisotopic (exact) mass is 160 g/mol. The average molecular weight is 160 g/mol. The topological polar surface area (TPSA) is 0 Å². The Labute approximate surface area is 65.5 Å². The molecule has 0 saturated carbocycles. The molecule has 1 rings (SSSR count). The van der Waals surface area contributed by atoms with E-state index in [1.165, 1.54) is 28.6 Å². The predicted octanol–water partition coefficient (Wildman–Crippen LogP) is 2.76. The van der Waals surface area contributed by atoms with Gasteiger partial charge < -0.3 is 0 Å². The van der Waals surface area contributed by atoms with Gasteiger partial charge in [-0.15, -0.1) is 11.8 Å². The lowest BCUT2D eigenvalue weighted by molar-refractivity contribution is 1.22. The molecule has 0 radical (unpaired) electrons. The average Bonchev–Trinajstić information content (AvgIpc) is 1.79. The summed E-state index contributed by atoms with van der Waals surface area (Å²) in [6.45, 7) is 2.21. The Morgan fingerprint density at radius 2 is 2.22 bits per heavy atom. The fourth-order valence-corrected chi connectivity index (χ4v) is 2.62. The van der Waals surface area contributed by atoms with Crippen molar-refractivity contribution in [2.75, 3.05) is 17.3 Å². The SMILES string of the molecule is C/C1=C/CCSCCS1. The van der Waals surface area contributed by atoms with Crippen molar-refractivity contribution in [1.82, 2.24) is 0 Å². The minimum atomic E-state index is 1.27. The smallest absolute Gasteiger partial charge is 0.00676 e. The largest absolute Gasteiger partial charge is 0.161 e. The van der Waals surface area contributed by atoms with Crippen LogP contribution in [0.1, 0.15) is 13.3 Å². The highest BCUT2D eigenvalue weighted by atomic mass is 32.2. The van der Waals surface area contributed by atoms with Crippen molar-refractivity contribution in [3.05, 3.63) is 11.0 Å². The number of thioether (sulfide) groups is 2. The molecule has 1 aliphatic heterocycles. The first-order valence-corrected chi connectivity index (χ1v) is 5.41.